The molecule has 0 saturated heterocycles. The molecule has 1 aromatic carbocycles. The van der Waals surface area contributed by atoms with Crippen molar-refractivity contribution in [3.63, 3.8) is 0 Å². The van der Waals surface area contributed by atoms with Gasteiger partial charge in [-0.15, -0.1) is 0 Å². The van der Waals surface area contributed by atoms with E-state index < -0.39 is 15.2 Å². The monoisotopic (exact) mass is 462 g/mol. The molecule has 0 fully saturated rings. The summed E-state index contributed by atoms with van der Waals surface area (Å²) in [6.45, 7) is 14.6. The van der Waals surface area contributed by atoms with Gasteiger partial charge >= 0.3 is 15.2 Å². The number of hydrogen-bond donors (Lipinski definition) is 0. The highest BCUT2D eigenvalue weighted by Crippen LogP contribution is 2.57. The number of benzene rings is 1. The van der Waals surface area contributed by atoms with Gasteiger partial charge in [0.05, 0.1) is 36.7 Å². The quantitative estimate of drug-likeness (QED) is 0.279. The maximum absolute atomic E-state index is 13.5. The minimum absolute atomic E-state index is 0.144. The van der Waals surface area contributed by atoms with Crippen LogP contribution in [-0.2, 0) is 33.6 Å². The maximum Gasteiger partial charge on any atom is 0.331 e. The van der Waals surface area contributed by atoms with Crippen LogP contribution in [0.1, 0.15) is 61.0 Å². The van der Waals surface area contributed by atoms with E-state index in [1.807, 2.05) is 85.7 Å². The summed E-state index contributed by atoms with van der Waals surface area (Å²) in [6, 6.07) is 9.86. The Labute approximate surface area is 183 Å². The summed E-state index contributed by atoms with van der Waals surface area (Å²) in [5, 5.41) is 0. The molecule has 0 aromatic heterocycles. The second-order valence-electron chi connectivity index (χ2n) is 8.76. The van der Waals surface area contributed by atoms with Crippen LogP contribution in [0.25, 0.3) is 0 Å². The van der Waals surface area contributed by atoms with Gasteiger partial charge < -0.3 is 18.1 Å². The van der Waals surface area contributed by atoms with E-state index in [-0.39, 0.29) is 42.7 Å². The third-order valence-corrected chi connectivity index (χ3v) is 8.72. The lowest BCUT2D eigenvalue weighted by atomic mass is 10.0. The molecule has 6 nitrogen and oxygen atoms in total. The summed E-state index contributed by atoms with van der Waals surface area (Å²) in [4.78, 5) is 0. The topological polar surface area (TPSA) is 71.1 Å². The standard InChI is InChI=1S/C22H40O6P2/c1-17(2)25-29(23,26-18(3)4)15-22(14-21-12-10-9-11-13-21)16-30(24,27-19(5)6)28-20(7)8/h9-13,17-20,22H,14-16H2,1-8H3. The molecule has 0 bridgehead atoms. The van der Waals surface area contributed by atoms with Gasteiger partial charge in [-0.25, -0.2) is 0 Å². The van der Waals surface area contributed by atoms with Gasteiger partial charge in [-0.1, -0.05) is 30.3 Å². The third kappa shape index (κ3) is 11.2. The van der Waals surface area contributed by atoms with Crippen molar-refractivity contribution >= 4 is 15.2 Å². The molecule has 0 saturated carbocycles. The van der Waals surface area contributed by atoms with Crippen LogP contribution in [0.4, 0.5) is 0 Å². The Morgan fingerprint density at radius 3 is 1.27 bits per heavy atom. The van der Waals surface area contributed by atoms with E-state index in [1.54, 1.807) is 0 Å². The van der Waals surface area contributed by atoms with Crippen LogP contribution in [0.3, 0.4) is 0 Å². The van der Waals surface area contributed by atoms with Gasteiger partial charge in [0.15, 0.2) is 0 Å². The third-order valence-electron chi connectivity index (χ3n) is 3.82. The molecule has 0 aliphatic carbocycles. The van der Waals surface area contributed by atoms with Crippen molar-refractivity contribution < 1.29 is 27.2 Å². The van der Waals surface area contributed by atoms with E-state index in [0.717, 1.165) is 5.56 Å². The van der Waals surface area contributed by atoms with Gasteiger partial charge in [0.2, 0.25) is 0 Å². The summed E-state index contributed by atoms with van der Waals surface area (Å²) in [5.41, 5.74) is 1.06. The van der Waals surface area contributed by atoms with Gasteiger partial charge in [-0.05, 0) is 73.3 Å². The first-order valence-electron chi connectivity index (χ1n) is 10.8. The van der Waals surface area contributed by atoms with Gasteiger partial charge in [0.1, 0.15) is 0 Å². The lowest BCUT2D eigenvalue weighted by molar-refractivity contribution is 0.136. The second-order valence-corrected chi connectivity index (χ2v) is 12.8. The molecular weight excluding hydrogens is 422 g/mol. The molecule has 0 unspecified atom stereocenters. The fraction of sp³-hybridized carbons (Fsp3) is 0.727. The Hall–Kier alpha value is -0.480. The highest BCUT2D eigenvalue weighted by molar-refractivity contribution is 7.55. The first kappa shape index (κ1) is 27.6. The molecule has 0 aliphatic heterocycles. The number of hydrogen-bond acceptors (Lipinski definition) is 6. The normalized spacial score (nSPS) is 13.4. The van der Waals surface area contributed by atoms with E-state index in [9.17, 15) is 9.13 Å². The zero-order chi connectivity index (χ0) is 22.9. The van der Waals surface area contributed by atoms with Gasteiger partial charge in [0, 0.05) is 0 Å². The minimum atomic E-state index is -3.41. The van der Waals surface area contributed by atoms with E-state index in [0.29, 0.717) is 6.42 Å². The Balaban J connectivity index is 3.21. The second kappa shape index (κ2) is 12.5. The van der Waals surface area contributed by atoms with Crippen LogP contribution in [0, 0.1) is 5.92 Å². The average Bonchev–Trinajstić information content (AvgIpc) is 2.51. The molecule has 0 radical (unpaired) electrons. The number of rotatable bonds is 14. The minimum Gasteiger partial charge on any atom is -0.306 e. The first-order valence-corrected chi connectivity index (χ1v) is 14.2. The highest BCUT2D eigenvalue weighted by atomic mass is 31.2. The summed E-state index contributed by atoms with van der Waals surface area (Å²) < 4.78 is 50.1. The smallest absolute Gasteiger partial charge is 0.306 e. The van der Waals surface area contributed by atoms with Gasteiger partial charge in [0.25, 0.3) is 0 Å². The van der Waals surface area contributed by atoms with Crippen LogP contribution in [-0.4, -0.2) is 36.7 Å². The molecule has 1 aromatic rings. The Kier molecular flexibility index (Phi) is 11.5. The first-order chi connectivity index (χ1) is 13.8. The molecule has 174 valence electrons. The van der Waals surface area contributed by atoms with Crippen molar-refractivity contribution in [1.29, 1.82) is 0 Å². The van der Waals surface area contributed by atoms with E-state index in [4.69, 9.17) is 18.1 Å². The van der Waals surface area contributed by atoms with Crippen LogP contribution in [0.15, 0.2) is 30.3 Å². The Morgan fingerprint density at radius 2 is 0.967 bits per heavy atom. The zero-order valence-electron chi connectivity index (χ0n) is 19.7. The fourth-order valence-electron chi connectivity index (χ4n) is 3.27. The predicted octanol–water partition coefficient (Wildman–Crippen LogP) is 6.93. The predicted molar refractivity (Wildman–Crippen MR) is 123 cm³/mol. The molecule has 0 atom stereocenters. The van der Waals surface area contributed by atoms with Crippen molar-refractivity contribution in [2.45, 2.75) is 86.2 Å². The largest absolute Gasteiger partial charge is 0.331 e. The molecule has 0 N–H and O–H groups in total. The highest BCUT2D eigenvalue weighted by Gasteiger charge is 2.37. The van der Waals surface area contributed by atoms with Gasteiger partial charge in [-0.2, -0.15) is 0 Å². The van der Waals surface area contributed by atoms with Gasteiger partial charge in [-0.3, -0.25) is 9.13 Å². The van der Waals surface area contributed by atoms with Crippen molar-refractivity contribution in [1.82, 2.24) is 0 Å². The van der Waals surface area contributed by atoms with Crippen molar-refractivity contribution in [3.8, 4) is 0 Å². The summed E-state index contributed by atoms with van der Waals surface area (Å²) in [7, 11) is -6.82. The molecule has 0 aliphatic rings. The van der Waals surface area contributed by atoms with E-state index in [2.05, 4.69) is 0 Å². The lowest BCUT2D eigenvalue weighted by Crippen LogP contribution is -2.22. The van der Waals surface area contributed by atoms with Crippen LogP contribution in [0.5, 0.6) is 0 Å². The molecule has 8 heteroatoms. The van der Waals surface area contributed by atoms with Crippen molar-refractivity contribution in [2.24, 2.45) is 5.92 Å². The molecule has 1 rings (SSSR count). The molecule has 30 heavy (non-hydrogen) atoms. The summed E-state index contributed by atoms with van der Waals surface area (Å²) in [6.07, 6.45) is -0.151. The SMILES string of the molecule is CC(C)OP(=O)(CC(Cc1ccccc1)CP(=O)(OC(C)C)OC(C)C)OC(C)C. The van der Waals surface area contributed by atoms with Crippen LogP contribution in [0.2, 0.25) is 0 Å². The molecule has 0 amide bonds. The zero-order valence-corrected chi connectivity index (χ0v) is 21.5. The summed E-state index contributed by atoms with van der Waals surface area (Å²) in [5.74, 6) is -0.265. The Morgan fingerprint density at radius 1 is 0.633 bits per heavy atom. The maximum atomic E-state index is 13.5. The van der Waals surface area contributed by atoms with Crippen molar-refractivity contribution in [3.05, 3.63) is 35.9 Å². The lowest BCUT2D eigenvalue weighted by Gasteiger charge is -2.30. The molecule has 0 spiro atoms. The van der Waals surface area contributed by atoms with Crippen LogP contribution >= 0.6 is 15.2 Å². The average molecular weight is 463 g/mol. The van der Waals surface area contributed by atoms with Crippen molar-refractivity contribution in [2.75, 3.05) is 12.3 Å². The summed E-state index contributed by atoms with van der Waals surface area (Å²) >= 11 is 0. The molecular formula is C22H40O6P2. The van der Waals surface area contributed by atoms with E-state index in [1.165, 1.54) is 0 Å². The fourth-order valence-corrected chi connectivity index (χ4v) is 8.27. The van der Waals surface area contributed by atoms with Crippen LogP contribution < -0.4 is 0 Å². The van der Waals surface area contributed by atoms with E-state index >= 15 is 0 Å². The Bertz CT molecular complexity index is 635. The molecule has 0 heterocycles.